The molecular weight excluding hydrogens is 208 g/mol. The summed E-state index contributed by atoms with van der Waals surface area (Å²) in [6.45, 7) is 0.751. The van der Waals surface area contributed by atoms with Gasteiger partial charge in [0.05, 0.1) is 24.0 Å². The van der Waals surface area contributed by atoms with Crippen LogP contribution >= 0.6 is 0 Å². The maximum atomic E-state index is 11.8. The summed E-state index contributed by atoms with van der Waals surface area (Å²) in [5.41, 5.74) is 6.51. The molecule has 0 bridgehead atoms. The maximum Gasteiger partial charge on any atom is 0.254 e. The topological polar surface area (TPSA) is 77.5 Å². The Balaban J connectivity index is 1.65. The molecule has 0 spiro atoms. The summed E-state index contributed by atoms with van der Waals surface area (Å²) in [7, 11) is 0. The van der Waals surface area contributed by atoms with Gasteiger partial charge in [-0.3, -0.25) is 4.79 Å². The van der Waals surface area contributed by atoms with Crippen molar-refractivity contribution in [2.75, 3.05) is 6.61 Å². The number of nitrogens with two attached hydrogens (primary N) is 1. The summed E-state index contributed by atoms with van der Waals surface area (Å²) >= 11 is 0. The molecule has 1 saturated heterocycles. The Hall–Kier alpha value is -1.33. The molecule has 0 aromatic carbocycles. The van der Waals surface area contributed by atoms with Gasteiger partial charge >= 0.3 is 0 Å². The third-order valence-electron chi connectivity index (χ3n) is 3.53. The zero-order valence-electron chi connectivity index (χ0n) is 8.76. The third-order valence-corrected chi connectivity index (χ3v) is 3.53. The van der Waals surface area contributed by atoms with Crippen molar-refractivity contribution in [1.29, 1.82) is 0 Å². The predicted molar refractivity (Wildman–Crippen MR) is 55.8 cm³/mol. The number of amides is 1. The minimum Gasteiger partial charge on any atom is -0.472 e. The first-order chi connectivity index (χ1) is 7.77. The maximum absolute atomic E-state index is 11.8. The van der Waals surface area contributed by atoms with Gasteiger partial charge in [-0.25, -0.2) is 0 Å². The molecule has 5 heteroatoms. The van der Waals surface area contributed by atoms with Crippen LogP contribution in [0.2, 0.25) is 0 Å². The third kappa shape index (κ3) is 1.36. The van der Waals surface area contributed by atoms with Crippen LogP contribution in [0.3, 0.4) is 0 Å². The number of nitrogens with one attached hydrogen (secondary N) is 1. The van der Waals surface area contributed by atoms with Gasteiger partial charge < -0.3 is 20.2 Å². The van der Waals surface area contributed by atoms with Crippen LogP contribution in [0, 0.1) is 5.92 Å². The Morgan fingerprint density at radius 3 is 3.19 bits per heavy atom. The SMILES string of the molecule is NC1C2CCOC2C1NC(=O)c1ccoc1. The van der Waals surface area contributed by atoms with Gasteiger partial charge in [0.1, 0.15) is 6.26 Å². The van der Waals surface area contributed by atoms with E-state index in [-0.39, 0.29) is 24.1 Å². The molecule has 86 valence electrons. The molecule has 5 nitrogen and oxygen atoms in total. The van der Waals surface area contributed by atoms with Gasteiger partial charge in [-0.2, -0.15) is 0 Å². The van der Waals surface area contributed by atoms with E-state index in [1.165, 1.54) is 12.5 Å². The zero-order chi connectivity index (χ0) is 11.1. The number of fused-ring (bicyclic) bond motifs is 1. The van der Waals surface area contributed by atoms with Crippen LogP contribution in [0.5, 0.6) is 0 Å². The van der Waals surface area contributed by atoms with E-state index < -0.39 is 0 Å². The van der Waals surface area contributed by atoms with Gasteiger partial charge in [0.2, 0.25) is 0 Å². The number of hydrogen-bond donors (Lipinski definition) is 2. The van der Waals surface area contributed by atoms with Gasteiger partial charge in [0.25, 0.3) is 5.91 Å². The van der Waals surface area contributed by atoms with Crippen molar-refractivity contribution in [1.82, 2.24) is 5.32 Å². The monoisotopic (exact) mass is 222 g/mol. The van der Waals surface area contributed by atoms with Crippen molar-refractivity contribution in [2.45, 2.75) is 24.6 Å². The highest BCUT2D eigenvalue weighted by atomic mass is 16.5. The molecule has 1 saturated carbocycles. The van der Waals surface area contributed by atoms with Gasteiger partial charge in [-0.15, -0.1) is 0 Å². The standard InChI is InChI=1S/C11H14N2O3/c12-8-7-2-4-16-10(7)9(8)13-11(14)6-1-3-15-5-6/h1,3,5,7-10H,2,4,12H2,(H,13,14). The number of carbonyl (C=O) groups is 1. The molecule has 0 radical (unpaired) electrons. The summed E-state index contributed by atoms with van der Waals surface area (Å²) in [6.07, 6.45) is 4.01. The zero-order valence-corrected chi connectivity index (χ0v) is 8.76. The Bertz CT molecular complexity index is 390. The van der Waals surface area contributed by atoms with E-state index in [4.69, 9.17) is 14.9 Å². The molecule has 1 aromatic rings. The quantitative estimate of drug-likeness (QED) is 0.745. The van der Waals surface area contributed by atoms with Gasteiger partial charge in [0, 0.05) is 18.6 Å². The molecule has 2 aliphatic rings. The lowest BCUT2D eigenvalue weighted by Gasteiger charge is -2.45. The largest absolute Gasteiger partial charge is 0.472 e. The molecule has 2 fully saturated rings. The lowest BCUT2D eigenvalue weighted by Crippen LogP contribution is -2.68. The minimum absolute atomic E-state index is 0.0170. The fraction of sp³-hybridized carbons (Fsp3) is 0.545. The molecule has 3 N–H and O–H groups in total. The number of ether oxygens (including phenoxy) is 1. The first-order valence-electron chi connectivity index (χ1n) is 5.47. The van der Waals surface area contributed by atoms with Gasteiger partial charge in [-0.05, 0) is 12.5 Å². The normalized spacial score (nSPS) is 36.6. The number of furan rings is 1. The number of rotatable bonds is 2. The Morgan fingerprint density at radius 1 is 1.56 bits per heavy atom. The molecule has 1 aromatic heterocycles. The Morgan fingerprint density at radius 2 is 2.44 bits per heavy atom. The van der Waals surface area contributed by atoms with E-state index in [9.17, 15) is 4.79 Å². The summed E-state index contributed by atoms with van der Waals surface area (Å²) in [5, 5.41) is 2.89. The van der Waals surface area contributed by atoms with Crippen molar-refractivity contribution in [3.8, 4) is 0 Å². The first kappa shape index (κ1) is 9.86. The highest BCUT2D eigenvalue weighted by Gasteiger charge is 2.52. The second-order valence-electron chi connectivity index (χ2n) is 4.38. The molecular formula is C11H14N2O3. The molecule has 4 unspecified atom stereocenters. The fourth-order valence-electron chi connectivity index (χ4n) is 2.56. The highest BCUT2D eigenvalue weighted by molar-refractivity contribution is 5.94. The van der Waals surface area contributed by atoms with E-state index in [1.807, 2.05) is 0 Å². The molecule has 2 heterocycles. The summed E-state index contributed by atoms with van der Waals surface area (Å²) in [4.78, 5) is 11.8. The smallest absolute Gasteiger partial charge is 0.254 e. The van der Waals surface area contributed by atoms with E-state index in [0.717, 1.165) is 13.0 Å². The Kier molecular flexibility index (Phi) is 2.22. The van der Waals surface area contributed by atoms with Crippen LogP contribution < -0.4 is 11.1 Å². The van der Waals surface area contributed by atoms with E-state index in [1.54, 1.807) is 6.07 Å². The van der Waals surface area contributed by atoms with Gasteiger partial charge in [0.15, 0.2) is 0 Å². The van der Waals surface area contributed by atoms with Crippen LogP contribution in [0.15, 0.2) is 23.0 Å². The average Bonchev–Trinajstić information content (AvgIpc) is 2.94. The predicted octanol–water partition coefficient (Wildman–Crippen LogP) is 0.124. The molecule has 3 rings (SSSR count). The van der Waals surface area contributed by atoms with E-state index in [0.29, 0.717) is 11.5 Å². The van der Waals surface area contributed by atoms with E-state index in [2.05, 4.69) is 5.32 Å². The summed E-state index contributed by atoms with van der Waals surface area (Å²) < 4.78 is 10.4. The second-order valence-corrected chi connectivity index (χ2v) is 4.38. The van der Waals surface area contributed by atoms with Crippen LogP contribution in [-0.2, 0) is 4.74 Å². The van der Waals surface area contributed by atoms with Crippen LogP contribution in [0.4, 0.5) is 0 Å². The van der Waals surface area contributed by atoms with Crippen molar-refractivity contribution < 1.29 is 13.9 Å². The van der Waals surface area contributed by atoms with Crippen molar-refractivity contribution in [3.05, 3.63) is 24.2 Å². The lowest BCUT2D eigenvalue weighted by atomic mass is 9.72. The van der Waals surface area contributed by atoms with Crippen molar-refractivity contribution >= 4 is 5.91 Å². The van der Waals surface area contributed by atoms with Crippen molar-refractivity contribution in [3.63, 3.8) is 0 Å². The van der Waals surface area contributed by atoms with E-state index >= 15 is 0 Å². The second kappa shape index (κ2) is 3.61. The van der Waals surface area contributed by atoms with Crippen LogP contribution in [-0.4, -0.2) is 30.7 Å². The van der Waals surface area contributed by atoms with Crippen LogP contribution in [0.1, 0.15) is 16.8 Å². The molecule has 1 aliphatic carbocycles. The lowest BCUT2D eigenvalue weighted by molar-refractivity contribution is -0.0161. The molecule has 1 aliphatic heterocycles. The summed E-state index contributed by atoms with van der Waals surface area (Å²) in [6, 6.07) is 1.59. The summed E-state index contributed by atoms with van der Waals surface area (Å²) in [5.74, 6) is 0.262. The van der Waals surface area contributed by atoms with Crippen LogP contribution in [0.25, 0.3) is 0 Å². The number of carbonyl (C=O) groups excluding carboxylic acids is 1. The molecule has 16 heavy (non-hydrogen) atoms. The highest BCUT2D eigenvalue weighted by Crippen LogP contribution is 2.37. The minimum atomic E-state index is -0.150. The Labute approximate surface area is 92.9 Å². The van der Waals surface area contributed by atoms with Gasteiger partial charge in [-0.1, -0.05) is 0 Å². The molecule has 1 amide bonds. The fourth-order valence-corrected chi connectivity index (χ4v) is 2.56. The first-order valence-corrected chi connectivity index (χ1v) is 5.47. The average molecular weight is 222 g/mol. The number of hydrogen-bond acceptors (Lipinski definition) is 4. The molecule has 4 atom stereocenters. The van der Waals surface area contributed by atoms with Crippen molar-refractivity contribution in [2.24, 2.45) is 11.7 Å².